The summed E-state index contributed by atoms with van der Waals surface area (Å²) < 4.78 is 1.19. The van der Waals surface area contributed by atoms with Crippen molar-refractivity contribution in [2.24, 2.45) is 11.8 Å². The number of rotatable bonds is 5. The molecule has 0 saturated carbocycles. The summed E-state index contributed by atoms with van der Waals surface area (Å²) in [5.41, 5.74) is 6.78. The van der Waals surface area contributed by atoms with Crippen molar-refractivity contribution in [3.8, 4) is 0 Å². The Bertz CT molecular complexity index is 353. The third-order valence-corrected chi connectivity index (χ3v) is 4.56. The van der Waals surface area contributed by atoms with E-state index in [4.69, 9.17) is 5.84 Å². The molecule has 1 aromatic carbocycles. The van der Waals surface area contributed by atoms with Crippen molar-refractivity contribution in [2.75, 3.05) is 0 Å². The Hall–Kier alpha value is -0.380. The molecule has 0 fully saturated rings. The lowest BCUT2D eigenvalue weighted by molar-refractivity contribution is 0.368. The van der Waals surface area contributed by atoms with Crippen LogP contribution in [0.3, 0.4) is 0 Å². The van der Waals surface area contributed by atoms with Crippen LogP contribution >= 0.6 is 15.9 Å². The average Bonchev–Trinajstić information content (AvgIpc) is 2.27. The second kappa shape index (κ2) is 6.53. The lowest BCUT2D eigenvalue weighted by Crippen LogP contribution is -2.32. The van der Waals surface area contributed by atoms with Gasteiger partial charge in [-0.1, -0.05) is 48.3 Å². The highest BCUT2D eigenvalue weighted by molar-refractivity contribution is 9.10. The van der Waals surface area contributed by atoms with Gasteiger partial charge >= 0.3 is 0 Å². The van der Waals surface area contributed by atoms with Gasteiger partial charge in [-0.3, -0.25) is 11.3 Å². The smallest absolute Gasteiger partial charge is 0.0485 e. The molecule has 96 valence electrons. The molecule has 1 aromatic rings. The van der Waals surface area contributed by atoms with Crippen molar-refractivity contribution in [1.82, 2.24) is 5.43 Å². The second-order valence-corrected chi connectivity index (χ2v) is 5.67. The maximum absolute atomic E-state index is 5.71. The van der Waals surface area contributed by atoms with E-state index in [-0.39, 0.29) is 6.04 Å². The number of nitrogens with two attached hydrogens (primary N) is 1. The first-order valence-electron chi connectivity index (χ1n) is 6.24. The van der Waals surface area contributed by atoms with Crippen LogP contribution in [-0.4, -0.2) is 0 Å². The number of halogens is 1. The third-order valence-electron chi connectivity index (χ3n) is 3.31. The molecule has 0 radical (unpaired) electrons. The molecule has 17 heavy (non-hydrogen) atoms. The Morgan fingerprint density at radius 3 is 2.24 bits per heavy atom. The van der Waals surface area contributed by atoms with E-state index in [2.05, 4.69) is 61.2 Å². The maximum atomic E-state index is 5.71. The molecule has 0 aliphatic carbocycles. The average molecular weight is 299 g/mol. The molecule has 0 heterocycles. The van der Waals surface area contributed by atoms with Gasteiger partial charge in [-0.25, -0.2) is 0 Å². The van der Waals surface area contributed by atoms with Crippen LogP contribution in [0.1, 0.15) is 49.4 Å². The molecule has 0 amide bonds. The number of hydrogen-bond acceptors (Lipinski definition) is 2. The Kier molecular flexibility index (Phi) is 5.63. The van der Waals surface area contributed by atoms with Crippen LogP contribution in [-0.2, 0) is 0 Å². The van der Waals surface area contributed by atoms with E-state index < -0.39 is 0 Å². The summed E-state index contributed by atoms with van der Waals surface area (Å²) in [6, 6.07) is 4.67. The summed E-state index contributed by atoms with van der Waals surface area (Å²) in [6.07, 6.45) is 2.37. The molecular formula is C14H23BrN2. The Labute approximate surface area is 113 Å². The molecule has 2 unspecified atom stereocenters. The summed E-state index contributed by atoms with van der Waals surface area (Å²) in [7, 11) is 0. The SMILES string of the molecule is CCCC(C)C(NN)c1cc(C)c(Br)c(C)c1. The van der Waals surface area contributed by atoms with Crippen LogP contribution in [0.15, 0.2) is 16.6 Å². The van der Waals surface area contributed by atoms with Gasteiger partial charge in [0.15, 0.2) is 0 Å². The summed E-state index contributed by atoms with van der Waals surface area (Å²) in [6.45, 7) is 8.71. The molecule has 0 aliphatic heterocycles. The van der Waals surface area contributed by atoms with Gasteiger partial charge in [0.05, 0.1) is 0 Å². The Morgan fingerprint density at radius 1 is 1.29 bits per heavy atom. The normalized spacial score (nSPS) is 14.7. The molecule has 2 nitrogen and oxygen atoms in total. The third kappa shape index (κ3) is 3.54. The molecule has 3 heteroatoms. The molecular weight excluding hydrogens is 276 g/mol. The van der Waals surface area contributed by atoms with Gasteiger partial charge in [0.1, 0.15) is 0 Å². The summed E-state index contributed by atoms with van der Waals surface area (Å²) in [5.74, 6) is 6.26. The number of hydrogen-bond donors (Lipinski definition) is 2. The van der Waals surface area contributed by atoms with E-state index >= 15 is 0 Å². The minimum absolute atomic E-state index is 0.237. The fourth-order valence-corrected chi connectivity index (χ4v) is 2.60. The lowest BCUT2D eigenvalue weighted by atomic mass is 9.90. The quantitative estimate of drug-likeness (QED) is 0.637. The minimum Gasteiger partial charge on any atom is -0.271 e. The fraction of sp³-hybridized carbons (Fsp3) is 0.571. The van der Waals surface area contributed by atoms with Crippen molar-refractivity contribution in [3.05, 3.63) is 33.3 Å². The van der Waals surface area contributed by atoms with Crippen molar-refractivity contribution < 1.29 is 0 Å². The zero-order valence-corrected chi connectivity index (χ0v) is 12.8. The number of hydrazine groups is 1. The molecule has 0 saturated heterocycles. The van der Waals surface area contributed by atoms with Crippen molar-refractivity contribution >= 4 is 15.9 Å². The Morgan fingerprint density at radius 2 is 1.82 bits per heavy atom. The van der Waals surface area contributed by atoms with E-state index in [9.17, 15) is 0 Å². The monoisotopic (exact) mass is 298 g/mol. The predicted octanol–water partition coefficient (Wildman–Crippen LogP) is 4.01. The molecule has 2 atom stereocenters. The van der Waals surface area contributed by atoms with Crippen LogP contribution in [0, 0.1) is 19.8 Å². The maximum Gasteiger partial charge on any atom is 0.0485 e. The second-order valence-electron chi connectivity index (χ2n) is 4.88. The van der Waals surface area contributed by atoms with E-state index in [0.717, 1.165) is 0 Å². The first kappa shape index (κ1) is 14.7. The van der Waals surface area contributed by atoms with Gasteiger partial charge in [0.25, 0.3) is 0 Å². The zero-order chi connectivity index (χ0) is 13.0. The van der Waals surface area contributed by atoms with E-state index in [1.165, 1.54) is 34.0 Å². The van der Waals surface area contributed by atoms with Crippen LogP contribution < -0.4 is 11.3 Å². The first-order valence-corrected chi connectivity index (χ1v) is 7.03. The Balaban J connectivity index is 3.04. The summed E-state index contributed by atoms with van der Waals surface area (Å²) in [4.78, 5) is 0. The molecule has 3 N–H and O–H groups in total. The van der Waals surface area contributed by atoms with Crippen LogP contribution in [0.4, 0.5) is 0 Å². The van der Waals surface area contributed by atoms with Gasteiger partial charge < -0.3 is 0 Å². The van der Waals surface area contributed by atoms with Crippen molar-refractivity contribution in [1.29, 1.82) is 0 Å². The van der Waals surface area contributed by atoms with E-state index in [1.807, 2.05) is 0 Å². The topological polar surface area (TPSA) is 38.0 Å². The van der Waals surface area contributed by atoms with Crippen LogP contribution in [0.25, 0.3) is 0 Å². The highest BCUT2D eigenvalue weighted by atomic mass is 79.9. The van der Waals surface area contributed by atoms with Crippen molar-refractivity contribution in [3.63, 3.8) is 0 Å². The minimum atomic E-state index is 0.237. The molecule has 1 rings (SSSR count). The van der Waals surface area contributed by atoms with Gasteiger partial charge in [0, 0.05) is 10.5 Å². The van der Waals surface area contributed by atoms with Gasteiger partial charge in [-0.05, 0) is 42.9 Å². The highest BCUT2D eigenvalue weighted by Crippen LogP contribution is 2.30. The molecule has 0 spiro atoms. The lowest BCUT2D eigenvalue weighted by Gasteiger charge is -2.24. The van der Waals surface area contributed by atoms with Crippen molar-refractivity contribution in [2.45, 2.75) is 46.6 Å². The van der Waals surface area contributed by atoms with E-state index in [0.29, 0.717) is 5.92 Å². The zero-order valence-electron chi connectivity index (χ0n) is 11.2. The summed E-state index contributed by atoms with van der Waals surface area (Å²) in [5, 5.41) is 0. The van der Waals surface area contributed by atoms with Crippen LogP contribution in [0.5, 0.6) is 0 Å². The van der Waals surface area contributed by atoms with E-state index in [1.54, 1.807) is 0 Å². The summed E-state index contributed by atoms with van der Waals surface area (Å²) >= 11 is 3.60. The molecule has 0 bridgehead atoms. The first-order chi connectivity index (χ1) is 8.01. The largest absolute Gasteiger partial charge is 0.271 e. The number of nitrogens with one attached hydrogen (secondary N) is 1. The van der Waals surface area contributed by atoms with Gasteiger partial charge in [0.2, 0.25) is 0 Å². The fourth-order valence-electron chi connectivity index (χ4n) is 2.37. The van der Waals surface area contributed by atoms with Crippen LogP contribution in [0.2, 0.25) is 0 Å². The highest BCUT2D eigenvalue weighted by Gasteiger charge is 2.18. The van der Waals surface area contributed by atoms with Gasteiger partial charge in [-0.2, -0.15) is 0 Å². The molecule has 0 aliphatic rings. The van der Waals surface area contributed by atoms with Gasteiger partial charge in [-0.15, -0.1) is 0 Å². The standard InChI is InChI=1S/C14H23BrN2/c1-5-6-9(2)14(17-16)12-7-10(3)13(15)11(4)8-12/h7-9,14,17H,5-6,16H2,1-4H3. The molecule has 0 aromatic heterocycles. The predicted molar refractivity (Wildman–Crippen MR) is 77.8 cm³/mol. The number of aryl methyl sites for hydroxylation is 2. The number of benzene rings is 1.